The normalized spacial score (nSPS) is 11.6. The van der Waals surface area contributed by atoms with E-state index in [1.165, 1.54) is 11.3 Å². The van der Waals surface area contributed by atoms with Gasteiger partial charge in [-0.05, 0) is 58.0 Å². The molecule has 3 heterocycles. The Balaban J connectivity index is 1.48. The van der Waals surface area contributed by atoms with Crippen molar-refractivity contribution < 1.29 is 14.4 Å². The Morgan fingerprint density at radius 1 is 1.16 bits per heavy atom. The Morgan fingerprint density at radius 2 is 2.00 bits per heavy atom. The summed E-state index contributed by atoms with van der Waals surface area (Å²) in [5.74, 6) is 0.415. The van der Waals surface area contributed by atoms with E-state index < -0.39 is 0 Å². The summed E-state index contributed by atoms with van der Waals surface area (Å²) in [6, 6.07) is 10.9. The number of amides is 1. The monoisotopic (exact) mass is 437 g/mol. The van der Waals surface area contributed by atoms with Crippen LogP contribution in [0.15, 0.2) is 48.0 Å². The van der Waals surface area contributed by atoms with Crippen LogP contribution in [0.5, 0.6) is 0 Å². The fourth-order valence-electron chi connectivity index (χ4n) is 2.87. The van der Waals surface area contributed by atoms with Crippen LogP contribution in [0.2, 0.25) is 0 Å². The van der Waals surface area contributed by atoms with Gasteiger partial charge in [0.15, 0.2) is 5.13 Å². The lowest BCUT2D eigenvalue weighted by atomic mass is 10.2. The molecule has 9 heteroatoms. The summed E-state index contributed by atoms with van der Waals surface area (Å²) in [5.41, 5.74) is 3.09. The second kappa shape index (κ2) is 8.44. The number of carbonyl (C=O) groups excluding carboxylic acids is 1. The van der Waals surface area contributed by atoms with E-state index in [0.717, 1.165) is 16.9 Å². The van der Waals surface area contributed by atoms with Gasteiger partial charge >= 0.3 is 0 Å². The number of anilines is 1. The molecule has 160 valence electrons. The van der Waals surface area contributed by atoms with Crippen LogP contribution in [-0.4, -0.2) is 38.0 Å². The van der Waals surface area contributed by atoms with Gasteiger partial charge in [-0.15, -0.1) is 11.3 Å². The molecule has 1 N–H and O–H groups in total. The van der Waals surface area contributed by atoms with E-state index in [9.17, 15) is 4.79 Å². The molecule has 8 nitrogen and oxygen atoms in total. The predicted molar refractivity (Wildman–Crippen MR) is 120 cm³/mol. The molecule has 31 heavy (non-hydrogen) atoms. The lowest BCUT2D eigenvalue weighted by Gasteiger charge is -2.20. The van der Waals surface area contributed by atoms with Crippen molar-refractivity contribution in [2.45, 2.75) is 33.3 Å². The molecule has 0 aliphatic carbocycles. The fraction of sp³-hybridized carbons (Fsp3) is 0.273. The Labute approximate surface area is 183 Å². The maximum atomic E-state index is 12.7. The molecular weight excluding hydrogens is 414 g/mol. The van der Waals surface area contributed by atoms with Gasteiger partial charge in [-0.25, -0.2) is 9.97 Å². The first-order valence-corrected chi connectivity index (χ1v) is 10.6. The summed E-state index contributed by atoms with van der Waals surface area (Å²) >= 11 is 1.35. The lowest BCUT2D eigenvalue weighted by Crippen LogP contribution is -2.26. The first kappa shape index (κ1) is 21.0. The number of imidazole rings is 1. The number of aromatic nitrogens is 4. The van der Waals surface area contributed by atoms with Crippen molar-refractivity contribution in [3.63, 3.8) is 0 Å². The third-order valence-electron chi connectivity index (χ3n) is 4.36. The molecule has 0 spiro atoms. The highest BCUT2D eigenvalue weighted by Gasteiger charge is 2.16. The molecule has 0 atom stereocenters. The number of nitrogens with one attached hydrogen (secondary N) is 1. The Hall–Kier alpha value is -3.30. The third-order valence-corrected chi connectivity index (χ3v) is 5.12. The van der Waals surface area contributed by atoms with Crippen LogP contribution in [0, 0.1) is 6.92 Å². The highest BCUT2D eigenvalue weighted by atomic mass is 32.1. The number of fused-ring (bicyclic) bond motifs is 1. The molecule has 0 bridgehead atoms. The molecule has 0 saturated heterocycles. The van der Waals surface area contributed by atoms with E-state index in [1.54, 1.807) is 23.1 Å². The summed E-state index contributed by atoms with van der Waals surface area (Å²) in [5, 5.41) is 5.21. The smallest absolute Gasteiger partial charge is 0.257 e. The molecule has 0 saturated carbocycles. The quantitative estimate of drug-likeness (QED) is 0.452. The van der Waals surface area contributed by atoms with Crippen LogP contribution >= 0.6 is 11.3 Å². The van der Waals surface area contributed by atoms with E-state index in [2.05, 4.69) is 20.3 Å². The number of pyridine rings is 1. The maximum absolute atomic E-state index is 12.7. The Morgan fingerprint density at radius 3 is 2.74 bits per heavy atom. The highest BCUT2D eigenvalue weighted by molar-refractivity contribution is 7.14. The average Bonchev–Trinajstić information content (AvgIpc) is 3.31. The largest absolute Gasteiger partial charge is 0.383 e. The number of carbonyl (C=O) groups is 1. The van der Waals surface area contributed by atoms with E-state index in [4.69, 9.17) is 9.57 Å². The van der Waals surface area contributed by atoms with Crippen LogP contribution in [-0.2, 0) is 4.74 Å². The molecule has 0 aliphatic rings. The van der Waals surface area contributed by atoms with Gasteiger partial charge in [0.25, 0.3) is 5.91 Å². The van der Waals surface area contributed by atoms with Crippen LogP contribution in [0.1, 0.15) is 37.0 Å². The standard InChI is InChI=1S/C22H23N5O3S/c1-14-24-17-11-15(8-9-19(17)27(14)30-13-29-22(2,3)4)20(28)26-21-25-18(12-31-21)16-7-5-6-10-23-16/h5-12H,13H2,1-4H3,(H,25,26,28). The van der Waals surface area contributed by atoms with E-state index in [1.807, 2.05) is 57.3 Å². The number of hydrogen-bond donors (Lipinski definition) is 1. The van der Waals surface area contributed by atoms with Crippen molar-refractivity contribution >= 4 is 33.4 Å². The minimum atomic E-state index is -0.304. The minimum absolute atomic E-state index is 0.0979. The molecule has 1 amide bonds. The molecule has 0 fully saturated rings. The van der Waals surface area contributed by atoms with Crippen molar-refractivity contribution in [3.8, 4) is 11.4 Å². The number of ether oxygens (including phenoxy) is 1. The zero-order valence-electron chi connectivity index (χ0n) is 17.7. The second-order valence-corrected chi connectivity index (χ2v) is 8.73. The van der Waals surface area contributed by atoms with Crippen molar-refractivity contribution in [2.75, 3.05) is 12.1 Å². The van der Waals surface area contributed by atoms with Crippen LogP contribution in [0.25, 0.3) is 22.4 Å². The van der Waals surface area contributed by atoms with Gasteiger partial charge in [0, 0.05) is 17.1 Å². The Bertz CT molecular complexity index is 1210. The fourth-order valence-corrected chi connectivity index (χ4v) is 3.57. The second-order valence-electron chi connectivity index (χ2n) is 7.87. The topological polar surface area (TPSA) is 91.2 Å². The van der Waals surface area contributed by atoms with E-state index in [0.29, 0.717) is 22.0 Å². The number of rotatable bonds is 6. The zero-order chi connectivity index (χ0) is 22.0. The minimum Gasteiger partial charge on any atom is -0.383 e. The van der Waals surface area contributed by atoms with Gasteiger partial charge in [0.05, 0.1) is 16.8 Å². The van der Waals surface area contributed by atoms with Gasteiger partial charge in [0.1, 0.15) is 17.0 Å². The number of benzene rings is 1. The predicted octanol–water partition coefficient (Wildman–Crippen LogP) is 4.32. The SMILES string of the molecule is Cc1nc2cc(C(=O)Nc3nc(-c4ccccn4)cs3)ccc2n1OCOC(C)(C)C. The maximum Gasteiger partial charge on any atom is 0.257 e. The highest BCUT2D eigenvalue weighted by Crippen LogP contribution is 2.24. The van der Waals surface area contributed by atoms with Crippen LogP contribution in [0.4, 0.5) is 5.13 Å². The van der Waals surface area contributed by atoms with Crippen molar-refractivity contribution in [3.05, 3.63) is 59.4 Å². The summed E-state index contributed by atoms with van der Waals surface area (Å²) in [7, 11) is 0. The van der Waals surface area contributed by atoms with Gasteiger partial charge in [-0.3, -0.25) is 15.1 Å². The summed E-state index contributed by atoms with van der Waals surface area (Å²) in [6.45, 7) is 7.82. The molecule has 0 radical (unpaired) electrons. The molecule has 4 rings (SSSR count). The van der Waals surface area contributed by atoms with Gasteiger partial charge in [0.2, 0.25) is 6.79 Å². The van der Waals surface area contributed by atoms with Gasteiger partial charge in [-0.1, -0.05) is 6.07 Å². The van der Waals surface area contributed by atoms with Gasteiger partial charge < -0.3 is 9.57 Å². The summed E-state index contributed by atoms with van der Waals surface area (Å²) in [4.78, 5) is 31.7. The third kappa shape index (κ3) is 4.89. The average molecular weight is 438 g/mol. The Kier molecular flexibility index (Phi) is 5.71. The lowest BCUT2D eigenvalue weighted by molar-refractivity contribution is -0.121. The van der Waals surface area contributed by atoms with Crippen molar-refractivity contribution in [1.29, 1.82) is 0 Å². The molecule has 0 unspecified atom stereocenters. The van der Waals surface area contributed by atoms with Gasteiger partial charge in [-0.2, -0.15) is 4.73 Å². The van der Waals surface area contributed by atoms with E-state index >= 15 is 0 Å². The first-order valence-electron chi connectivity index (χ1n) is 9.75. The molecular formula is C22H23N5O3S. The number of nitrogens with zero attached hydrogens (tertiary/aromatic N) is 4. The summed E-state index contributed by atoms with van der Waals surface area (Å²) in [6.07, 6.45) is 1.71. The summed E-state index contributed by atoms with van der Waals surface area (Å²) < 4.78 is 7.24. The van der Waals surface area contributed by atoms with E-state index in [-0.39, 0.29) is 18.3 Å². The number of aryl methyl sites for hydroxylation is 1. The van der Waals surface area contributed by atoms with Crippen LogP contribution in [0.3, 0.4) is 0 Å². The van der Waals surface area contributed by atoms with Crippen molar-refractivity contribution in [2.24, 2.45) is 0 Å². The van der Waals surface area contributed by atoms with Crippen LogP contribution < -0.4 is 10.2 Å². The van der Waals surface area contributed by atoms with Crippen molar-refractivity contribution in [1.82, 2.24) is 19.7 Å². The number of hydrogen-bond acceptors (Lipinski definition) is 7. The molecule has 3 aromatic heterocycles. The molecule has 1 aromatic carbocycles. The first-order chi connectivity index (χ1) is 14.8. The molecule has 0 aliphatic heterocycles. The number of thiazole rings is 1. The zero-order valence-corrected chi connectivity index (χ0v) is 18.6. The molecule has 4 aromatic rings.